The van der Waals surface area contributed by atoms with Crippen molar-refractivity contribution in [2.75, 3.05) is 40.9 Å². The van der Waals surface area contributed by atoms with Crippen LogP contribution in [0.3, 0.4) is 0 Å². The summed E-state index contributed by atoms with van der Waals surface area (Å²) in [6.07, 6.45) is 2.69. The minimum absolute atomic E-state index is 0.0571. The quantitative estimate of drug-likeness (QED) is 0.486. The fourth-order valence-electron chi connectivity index (χ4n) is 2.46. The van der Waals surface area contributed by atoms with E-state index >= 15 is 0 Å². The number of methoxy groups -OCH3 is 1. The van der Waals surface area contributed by atoms with Crippen molar-refractivity contribution in [1.29, 1.82) is 0 Å². The number of hydrogen-bond donors (Lipinski definition) is 2. The second-order valence-electron chi connectivity index (χ2n) is 5.78. The lowest BCUT2D eigenvalue weighted by Gasteiger charge is -2.35. The van der Waals surface area contributed by atoms with Crippen molar-refractivity contribution in [1.82, 2.24) is 13.9 Å². The first-order valence-corrected chi connectivity index (χ1v) is 8.93. The number of nitrogens with one attached hydrogen (secondary N) is 1. The van der Waals surface area contributed by atoms with Crippen LogP contribution in [0.5, 0.6) is 0 Å². The number of guanidine groups is 1. The first-order valence-electron chi connectivity index (χ1n) is 7.53. The van der Waals surface area contributed by atoms with E-state index in [0.717, 1.165) is 19.3 Å². The molecule has 0 aromatic carbocycles. The standard InChI is InChI=1S/C13H29N5O3S/c1-11(10-21-4)16-13(14)15-9-12-7-5-6-8-18(12)22(19,20)17(2)3/h11-12H,5-10H2,1-4H3,(H3,14,15,16). The highest BCUT2D eigenvalue weighted by atomic mass is 32.2. The van der Waals surface area contributed by atoms with E-state index in [1.807, 2.05) is 6.92 Å². The Hall–Kier alpha value is -0.900. The Morgan fingerprint density at radius 3 is 2.77 bits per heavy atom. The Balaban J connectivity index is 2.69. The molecule has 2 atom stereocenters. The maximum atomic E-state index is 12.3. The van der Waals surface area contributed by atoms with Gasteiger partial charge in [0, 0.05) is 39.8 Å². The van der Waals surface area contributed by atoms with E-state index < -0.39 is 10.2 Å². The van der Waals surface area contributed by atoms with Gasteiger partial charge in [-0.3, -0.25) is 4.99 Å². The average Bonchev–Trinajstić information content (AvgIpc) is 2.45. The van der Waals surface area contributed by atoms with Crippen molar-refractivity contribution >= 4 is 16.2 Å². The minimum atomic E-state index is -3.41. The monoisotopic (exact) mass is 335 g/mol. The molecule has 0 aromatic rings. The molecule has 0 amide bonds. The summed E-state index contributed by atoms with van der Waals surface area (Å²) in [7, 11) is 1.31. The zero-order chi connectivity index (χ0) is 16.8. The first kappa shape index (κ1) is 19.1. The number of hydrogen-bond acceptors (Lipinski definition) is 4. The molecule has 0 radical (unpaired) electrons. The predicted molar refractivity (Wildman–Crippen MR) is 87.9 cm³/mol. The molecule has 0 spiro atoms. The lowest BCUT2D eigenvalue weighted by atomic mass is 10.1. The van der Waals surface area contributed by atoms with Gasteiger partial charge in [0.25, 0.3) is 10.2 Å². The molecule has 9 heteroatoms. The van der Waals surface area contributed by atoms with Crippen LogP contribution < -0.4 is 11.1 Å². The number of rotatable bonds is 7. The maximum Gasteiger partial charge on any atom is 0.281 e. The lowest BCUT2D eigenvalue weighted by Crippen LogP contribution is -2.50. The van der Waals surface area contributed by atoms with Crippen LogP contribution in [-0.2, 0) is 14.9 Å². The Bertz CT molecular complexity index is 466. The Morgan fingerprint density at radius 2 is 2.18 bits per heavy atom. The van der Waals surface area contributed by atoms with Crippen LogP contribution in [0.15, 0.2) is 4.99 Å². The van der Waals surface area contributed by atoms with Gasteiger partial charge in [0.1, 0.15) is 0 Å². The lowest BCUT2D eigenvalue weighted by molar-refractivity contribution is 0.179. The van der Waals surface area contributed by atoms with Crippen molar-refractivity contribution < 1.29 is 13.2 Å². The van der Waals surface area contributed by atoms with Gasteiger partial charge in [-0.2, -0.15) is 17.0 Å². The molecule has 1 aliphatic heterocycles. The third kappa shape index (κ3) is 5.38. The third-order valence-electron chi connectivity index (χ3n) is 3.61. The van der Waals surface area contributed by atoms with Crippen molar-refractivity contribution in [3.05, 3.63) is 0 Å². The summed E-state index contributed by atoms with van der Waals surface area (Å²) in [5, 5.41) is 3.02. The number of ether oxygens (including phenoxy) is 1. The summed E-state index contributed by atoms with van der Waals surface area (Å²) in [4.78, 5) is 4.30. The molecule has 22 heavy (non-hydrogen) atoms. The molecule has 0 aromatic heterocycles. The Morgan fingerprint density at radius 1 is 1.50 bits per heavy atom. The summed E-state index contributed by atoms with van der Waals surface area (Å²) in [6, 6.07) is -0.0825. The molecule has 1 aliphatic rings. The molecule has 1 rings (SSSR count). The molecular weight excluding hydrogens is 306 g/mol. The molecule has 1 fully saturated rings. The first-order chi connectivity index (χ1) is 10.3. The molecule has 0 bridgehead atoms. The summed E-state index contributed by atoms with van der Waals surface area (Å²) < 4.78 is 32.5. The normalized spacial score (nSPS) is 22.8. The third-order valence-corrected chi connectivity index (χ3v) is 5.61. The summed E-state index contributed by atoms with van der Waals surface area (Å²) >= 11 is 0. The van der Waals surface area contributed by atoms with E-state index in [4.69, 9.17) is 10.5 Å². The molecule has 0 saturated carbocycles. The van der Waals surface area contributed by atoms with Crippen molar-refractivity contribution in [3.63, 3.8) is 0 Å². The van der Waals surface area contributed by atoms with Gasteiger partial charge in [0.2, 0.25) is 0 Å². The topological polar surface area (TPSA) is 100 Å². The van der Waals surface area contributed by atoms with Gasteiger partial charge in [0.15, 0.2) is 5.96 Å². The number of nitrogens with zero attached hydrogens (tertiary/aromatic N) is 3. The zero-order valence-electron chi connectivity index (χ0n) is 13.9. The van der Waals surface area contributed by atoms with Crippen LogP contribution in [0.1, 0.15) is 26.2 Å². The fraction of sp³-hybridized carbons (Fsp3) is 0.923. The van der Waals surface area contributed by atoms with Gasteiger partial charge >= 0.3 is 0 Å². The zero-order valence-corrected chi connectivity index (χ0v) is 14.8. The van der Waals surface area contributed by atoms with Crippen molar-refractivity contribution in [3.8, 4) is 0 Å². The number of aliphatic imine (C=N–C) groups is 1. The van der Waals surface area contributed by atoms with Crippen LogP contribution >= 0.6 is 0 Å². The minimum Gasteiger partial charge on any atom is -0.383 e. The van der Waals surface area contributed by atoms with Gasteiger partial charge < -0.3 is 15.8 Å². The van der Waals surface area contributed by atoms with Crippen molar-refractivity contribution in [2.24, 2.45) is 10.7 Å². The van der Waals surface area contributed by atoms with E-state index in [1.54, 1.807) is 21.2 Å². The van der Waals surface area contributed by atoms with Crippen molar-refractivity contribution in [2.45, 2.75) is 38.3 Å². The number of nitrogens with two attached hydrogens (primary N) is 1. The molecule has 8 nitrogen and oxygen atoms in total. The SMILES string of the molecule is COCC(C)NC(N)=NCC1CCCCN1S(=O)(=O)N(C)C. The van der Waals surface area contributed by atoms with Crippen LogP contribution in [0, 0.1) is 0 Å². The molecular formula is C13H29N5O3S. The van der Waals surface area contributed by atoms with E-state index in [1.165, 1.54) is 8.61 Å². The summed E-state index contributed by atoms with van der Waals surface area (Å²) in [5.41, 5.74) is 5.84. The van der Waals surface area contributed by atoms with Gasteiger partial charge in [0.05, 0.1) is 13.2 Å². The largest absolute Gasteiger partial charge is 0.383 e. The van der Waals surface area contributed by atoms with Crippen LogP contribution in [-0.4, -0.2) is 76.0 Å². The molecule has 1 saturated heterocycles. The Labute approximate surface area is 133 Å². The molecule has 2 unspecified atom stereocenters. The van der Waals surface area contributed by atoms with E-state index in [2.05, 4.69) is 10.3 Å². The van der Waals surface area contributed by atoms with Gasteiger partial charge in [-0.05, 0) is 19.8 Å². The second-order valence-corrected chi connectivity index (χ2v) is 7.87. The molecule has 3 N–H and O–H groups in total. The van der Waals surface area contributed by atoms with E-state index in [9.17, 15) is 8.42 Å². The predicted octanol–water partition coefficient (Wildman–Crippen LogP) is -0.413. The second kappa shape index (κ2) is 8.66. The smallest absolute Gasteiger partial charge is 0.281 e. The van der Waals surface area contributed by atoms with E-state index in [0.29, 0.717) is 25.7 Å². The van der Waals surface area contributed by atoms with E-state index in [-0.39, 0.29) is 12.1 Å². The highest BCUT2D eigenvalue weighted by Crippen LogP contribution is 2.21. The Kier molecular flexibility index (Phi) is 7.54. The summed E-state index contributed by atoms with van der Waals surface area (Å²) in [6.45, 7) is 3.37. The van der Waals surface area contributed by atoms with Gasteiger partial charge in [-0.1, -0.05) is 6.42 Å². The van der Waals surface area contributed by atoms with Gasteiger partial charge in [-0.25, -0.2) is 0 Å². The fourth-order valence-corrected chi connectivity index (χ4v) is 3.79. The summed E-state index contributed by atoms with van der Waals surface area (Å²) in [5.74, 6) is 0.317. The molecule has 1 heterocycles. The molecule has 0 aliphatic carbocycles. The van der Waals surface area contributed by atoms with Crippen LogP contribution in [0.2, 0.25) is 0 Å². The van der Waals surface area contributed by atoms with Gasteiger partial charge in [-0.15, -0.1) is 0 Å². The molecule has 130 valence electrons. The highest BCUT2D eigenvalue weighted by molar-refractivity contribution is 7.86. The highest BCUT2D eigenvalue weighted by Gasteiger charge is 2.33. The average molecular weight is 335 g/mol. The van der Waals surface area contributed by atoms with Crippen LogP contribution in [0.4, 0.5) is 0 Å². The van der Waals surface area contributed by atoms with Crippen LogP contribution in [0.25, 0.3) is 0 Å². The number of piperidine rings is 1. The maximum absolute atomic E-state index is 12.3.